The second-order valence-electron chi connectivity index (χ2n) is 10.6. The number of aromatic amines is 1. The molecule has 5 N–H and O–H groups in total. The number of H-pyrrole nitrogens is 1. The van der Waals surface area contributed by atoms with Crippen LogP contribution in [0.25, 0.3) is 28.1 Å². The van der Waals surface area contributed by atoms with E-state index in [9.17, 15) is 33.9 Å². The van der Waals surface area contributed by atoms with E-state index in [-0.39, 0.29) is 11.2 Å². The van der Waals surface area contributed by atoms with Crippen molar-refractivity contribution in [1.82, 2.24) is 43.4 Å². The fourth-order valence-electron chi connectivity index (χ4n) is 5.67. The van der Waals surface area contributed by atoms with Gasteiger partial charge in [-0.1, -0.05) is 0 Å². The molecule has 0 amide bonds. The maximum Gasteiger partial charge on any atom is 0.472 e. The Bertz CT molecular complexity index is 2120. The van der Waals surface area contributed by atoms with Crippen molar-refractivity contribution in [1.29, 1.82) is 0 Å². The Balaban J connectivity index is 1.07. The molecule has 5 aromatic heterocycles. The van der Waals surface area contributed by atoms with Gasteiger partial charge in [0.25, 0.3) is 5.56 Å². The molecule has 0 aromatic carbocycles. The molecule has 2 unspecified atom stereocenters. The average molecular weight is 683 g/mol. The van der Waals surface area contributed by atoms with Crippen molar-refractivity contribution in [2.75, 3.05) is 13.2 Å². The number of imidazole rings is 3. The molecule has 3 fully saturated rings. The molecule has 0 saturated carbocycles. The predicted octanol–water partition coefficient (Wildman–Crippen LogP) is -1.25. The van der Waals surface area contributed by atoms with Crippen molar-refractivity contribution >= 4 is 43.8 Å². The standard InChI is InChI=1S/C22H23N9O13P2/c32-13-15-10(41-20(13)29-3-9-17(27-7-29)28-22-23-1-2-30(9)22)4-39-46(37,38)44-16-11(5-40-45(35,36)43-15)42-21(14(16)33)31-8-26-12-18(31)24-6-25-19(12)34/h1-3,6-8,10-11,13-16,20-21,32-33H,4-5H2,(H,35,36)(H,37,38)(H,24,25,34)/t10-,11-,13-,14-,15-,16-,20-,21-/m1/s1. The minimum absolute atomic E-state index is 0.00967. The van der Waals surface area contributed by atoms with Gasteiger partial charge in [-0.25, -0.2) is 29.1 Å². The van der Waals surface area contributed by atoms with Crippen molar-refractivity contribution in [3.63, 3.8) is 0 Å². The normalized spacial score (nSPS) is 37.3. The summed E-state index contributed by atoms with van der Waals surface area (Å²) in [4.78, 5) is 56.3. The van der Waals surface area contributed by atoms with Crippen LogP contribution in [0, 0.1) is 0 Å². The Morgan fingerprint density at radius 1 is 0.891 bits per heavy atom. The molecule has 0 spiro atoms. The van der Waals surface area contributed by atoms with E-state index in [2.05, 4.69) is 29.9 Å². The fraction of sp³-hybridized carbons (Fsp3) is 0.455. The first-order chi connectivity index (χ1) is 22.0. The van der Waals surface area contributed by atoms with Crippen molar-refractivity contribution in [3.05, 3.63) is 47.9 Å². The number of nitrogens with zero attached hydrogens (tertiary/aromatic N) is 8. The van der Waals surface area contributed by atoms with Gasteiger partial charge in [0.05, 0.1) is 32.2 Å². The van der Waals surface area contributed by atoms with Gasteiger partial charge in [-0.05, 0) is 0 Å². The van der Waals surface area contributed by atoms with E-state index in [4.69, 9.17) is 27.6 Å². The molecule has 8 heterocycles. The lowest BCUT2D eigenvalue weighted by Gasteiger charge is -2.27. The molecule has 0 radical (unpaired) electrons. The number of fused-ring (bicyclic) bond motifs is 6. The molecule has 22 nitrogen and oxygen atoms in total. The van der Waals surface area contributed by atoms with Gasteiger partial charge in [0.15, 0.2) is 29.3 Å². The van der Waals surface area contributed by atoms with Gasteiger partial charge in [0, 0.05) is 18.6 Å². The molecule has 10 atom stereocenters. The number of aliphatic hydroxyl groups is 2. The number of phosphoric acid groups is 2. The molecule has 3 aliphatic heterocycles. The zero-order valence-electron chi connectivity index (χ0n) is 22.9. The first kappa shape index (κ1) is 29.9. The van der Waals surface area contributed by atoms with Crippen LogP contribution in [-0.2, 0) is 36.7 Å². The number of rotatable bonds is 2. The number of hydrogen-bond acceptors (Lipinski definition) is 16. The van der Waals surface area contributed by atoms with Crippen LogP contribution in [0.15, 0.2) is 42.4 Å². The summed E-state index contributed by atoms with van der Waals surface area (Å²) >= 11 is 0. The van der Waals surface area contributed by atoms with E-state index in [1.807, 2.05) is 0 Å². The summed E-state index contributed by atoms with van der Waals surface area (Å²) in [5.74, 6) is 0.388. The highest BCUT2D eigenvalue weighted by molar-refractivity contribution is 7.47. The zero-order chi connectivity index (χ0) is 32.0. The molecule has 8 rings (SSSR count). The third-order valence-corrected chi connectivity index (χ3v) is 9.74. The number of hydrogen-bond donors (Lipinski definition) is 5. The number of aromatic nitrogens is 9. The lowest BCUT2D eigenvalue weighted by Crippen LogP contribution is -2.39. The molecule has 3 saturated heterocycles. The Kier molecular flexibility index (Phi) is 6.99. The van der Waals surface area contributed by atoms with Crippen LogP contribution in [0.4, 0.5) is 0 Å². The first-order valence-electron chi connectivity index (χ1n) is 13.5. The van der Waals surface area contributed by atoms with Crippen LogP contribution in [0.3, 0.4) is 0 Å². The monoisotopic (exact) mass is 683 g/mol. The molecule has 5 aromatic rings. The lowest BCUT2D eigenvalue weighted by molar-refractivity contribution is -0.0669. The van der Waals surface area contributed by atoms with Crippen LogP contribution in [0.1, 0.15) is 12.5 Å². The van der Waals surface area contributed by atoms with Crippen molar-refractivity contribution in [2.24, 2.45) is 0 Å². The van der Waals surface area contributed by atoms with Crippen molar-refractivity contribution < 1.29 is 56.7 Å². The van der Waals surface area contributed by atoms with E-state index in [1.165, 1.54) is 21.7 Å². The predicted molar refractivity (Wildman–Crippen MR) is 146 cm³/mol. The summed E-state index contributed by atoms with van der Waals surface area (Å²) in [6.07, 6.45) is -3.87. The Morgan fingerprint density at radius 2 is 1.57 bits per heavy atom. The molecule has 3 aliphatic rings. The van der Waals surface area contributed by atoms with Crippen LogP contribution < -0.4 is 5.56 Å². The average Bonchev–Trinajstić information content (AvgIpc) is 3.82. The molecule has 0 bridgehead atoms. The minimum Gasteiger partial charge on any atom is -0.386 e. The third-order valence-electron chi connectivity index (χ3n) is 7.77. The fourth-order valence-corrected chi connectivity index (χ4v) is 7.60. The van der Waals surface area contributed by atoms with Crippen LogP contribution in [0.2, 0.25) is 0 Å². The molecule has 46 heavy (non-hydrogen) atoms. The second-order valence-corrected chi connectivity index (χ2v) is 13.4. The number of aliphatic hydroxyl groups excluding tert-OH is 2. The van der Waals surface area contributed by atoms with Crippen LogP contribution >= 0.6 is 15.6 Å². The van der Waals surface area contributed by atoms with Gasteiger partial charge in [0.2, 0.25) is 5.78 Å². The molecule has 0 aliphatic carbocycles. The Morgan fingerprint density at radius 3 is 2.28 bits per heavy atom. The van der Waals surface area contributed by atoms with Gasteiger partial charge in [-0.15, -0.1) is 0 Å². The van der Waals surface area contributed by atoms with Crippen molar-refractivity contribution in [3.8, 4) is 0 Å². The van der Waals surface area contributed by atoms with Gasteiger partial charge in [-0.2, -0.15) is 4.98 Å². The van der Waals surface area contributed by atoms with Crippen LogP contribution in [0.5, 0.6) is 0 Å². The van der Waals surface area contributed by atoms with E-state index >= 15 is 0 Å². The van der Waals surface area contributed by atoms with E-state index in [0.717, 1.165) is 12.7 Å². The van der Waals surface area contributed by atoms with Gasteiger partial charge in [0.1, 0.15) is 42.1 Å². The summed E-state index contributed by atoms with van der Waals surface area (Å²) in [7, 11) is -10.0. The third kappa shape index (κ3) is 4.99. The first-order valence-corrected chi connectivity index (χ1v) is 16.5. The van der Waals surface area contributed by atoms with Crippen molar-refractivity contribution in [2.45, 2.75) is 49.1 Å². The second kappa shape index (κ2) is 10.8. The largest absolute Gasteiger partial charge is 0.472 e. The van der Waals surface area contributed by atoms with Crippen LogP contribution in [-0.4, -0.2) is 113 Å². The quantitative estimate of drug-likeness (QED) is 0.136. The molecular weight excluding hydrogens is 660 g/mol. The zero-order valence-corrected chi connectivity index (χ0v) is 24.7. The summed E-state index contributed by atoms with van der Waals surface area (Å²) < 4.78 is 63.0. The van der Waals surface area contributed by atoms with Gasteiger partial charge in [-0.3, -0.25) is 31.9 Å². The molecule has 24 heteroatoms. The maximum absolute atomic E-state index is 13.1. The Labute approximate surface area is 254 Å². The highest BCUT2D eigenvalue weighted by Crippen LogP contribution is 2.53. The highest BCUT2D eigenvalue weighted by Gasteiger charge is 2.53. The summed E-state index contributed by atoms with van der Waals surface area (Å²) in [6.45, 7) is -1.58. The highest BCUT2D eigenvalue weighted by atomic mass is 31.2. The summed E-state index contributed by atoms with van der Waals surface area (Å²) in [5.41, 5.74) is 0.223. The number of phosphoric ester groups is 2. The summed E-state index contributed by atoms with van der Waals surface area (Å²) in [5, 5.41) is 22.3. The van der Waals surface area contributed by atoms with E-state index < -0.39 is 83.5 Å². The van der Waals surface area contributed by atoms with E-state index in [1.54, 1.807) is 16.8 Å². The topological polar surface area (TPSA) is 282 Å². The lowest BCUT2D eigenvalue weighted by atomic mass is 10.1. The minimum atomic E-state index is -5.02. The molecular formula is C22H23N9O13P2. The molecule has 244 valence electrons. The number of nitrogens with one attached hydrogen (secondary N) is 1. The number of ether oxygens (including phenoxy) is 2. The Hall–Kier alpha value is -3.50. The summed E-state index contributed by atoms with van der Waals surface area (Å²) in [6, 6.07) is 0. The van der Waals surface area contributed by atoms with Gasteiger partial charge >= 0.3 is 15.6 Å². The maximum atomic E-state index is 13.1. The van der Waals surface area contributed by atoms with E-state index in [0.29, 0.717) is 16.9 Å². The SMILES string of the molecule is O=c1[nH]cnc2c1ncn2[C@@H]1O[C@@H]2COP(=O)(O)O[C@H]3[C@@H](O)[C@H](n4cnc5nc6nccn6c5c4)O[C@@H]3COP(=O)(O)O[C@H]2[C@H]1O. The smallest absolute Gasteiger partial charge is 0.386 e. The van der Waals surface area contributed by atoms with Gasteiger partial charge < -0.3 is 39.0 Å².